The first-order chi connectivity index (χ1) is 12.5. The summed E-state index contributed by atoms with van der Waals surface area (Å²) < 4.78 is 28.5. The lowest BCUT2D eigenvalue weighted by Gasteiger charge is -2.24. The molecule has 0 spiro atoms. The fraction of sp³-hybridized carbons (Fsp3) is 0.824. The van der Waals surface area contributed by atoms with Gasteiger partial charge in [0.1, 0.15) is 5.69 Å². The van der Waals surface area contributed by atoms with Crippen molar-refractivity contribution in [2.45, 2.75) is 51.6 Å². The molecule has 146 valence electrons. The largest absolute Gasteiger partial charge is 0.350 e. The predicted octanol–water partition coefficient (Wildman–Crippen LogP) is 1.60. The zero-order valence-corrected chi connectivity index (χ0v) is 15.4. The zero-order chi connectivity index (χ0) is 18.7. The van der Waals surface area contributed by atoms with E-state index >= 15 is 0 Å². The van der Waals surface area contributed by atoms with E-state index in [-0.39, 0.29) is 17.4 Å². The molecule has 0 radical (unpaired) electrons. The van der Waals surface area contributed by atoms with Crippen LogP contribution in [0, 0.1) is 5.92 Å². The Hall–Kier alpha value is -1.61. The van der Waals surface area contributed by atoms with Crippen LogP contribution in [0.25, 0.3) is 0 Å². The van der Waals surface area contributed by atoms with Crippen LogP contribution in [0.3, 0.4) is 0 Å². The van der Waals surface area contributed by atoms with E-state index in [1.165, 1.54) is 4.68 Å². The molecule has 1 atom stereocenters. The van der Waals surface area contributed by atoms with Crippen molar-refractivity contribution in [3.8, 4) is 0 Å². The van der Waals surface area contributed by atoms with Crippen LogP contribution in [-0.4, -0.2) is 64.6 Å². The Bertz CT molecular complexity index is 614. The molecule has 1 aromatic rings. The van der Waals surface area contributed by atoms with E-state index in [2.05, 4.69) is 39.7 Å². The van der Waals surface area contributed by atoms with E-state index in [9.17, 15) is 13.6 Å². The minimum Gasteiger partial charge on any atom is -0.350 e. The number of rotatable bonds is 6. The third kappa shape index (κ3) is 4.20. The van der Waals surface area contributed by atoms with Crippen molar-refractivity contribution in [3.63, 3.8) is 0 Å². The molecular formula is C17H28F2N6O. The van der Waals surface area contributed by atoms with Gasteiger partial charge in [-0.05, 0) is 58.7 Å². The molecule has 0 saturated carbocycles. The lowest BCUT2D eigenvalue weighted by Crippen LogP contribution is -2.34. The summed E-state index contributed by atoms with van der Waals surface area (Å²) in [7, 11) is 0. The number of carbonyl (C=O) groups is 1. The van der Waals surface area contributed by atoms with Gasteiger partial charge in [0.25, 0.3) is 12.3 Å². The fourth-order valence-electron chi connectivity index (χ4n) is 3.81. The maximum absolute atomic E-state index is 13.6. The molecule has 26 heavy (non-hydrogen) atoms. The van der Waals surface area contributed by atoms with Crippen LogP contribution in [-0.2, 0) is 0 Å². The Morgan fingerprint density at radius 1 is 1.31 bits per heavy atom. The number of amides is 1. The summed E-state index contributed by atoms with van der Waals surface area (Å²) in [5.74, 6) is -0.209. The molecule has 3 heterocycles. The molecular weight excluding hydrogens is 342 g/mol. The minimum absolute atomic E-state index is 0.135. The van der Waals surface area contributed by atoms with Crippen molar-refractivity contribution < 1.29 is 13.6 Å². The number of alkyl halides is 2. The van der Waals surface area contributed by atoms with Gasteiger partial charge in [0.05, 0.1) is 6.04 Å². The quantitative estimate of drug-likeness (QED) is 0.796. The number of halogens is 2. The van der Waals surface area contributed by atoms with Crippen LogP contribution >= 0.6 is 0 Å². The summed E-state index contributed by atoms with van der Waals surface area (Å²) in [6.07, 6.45) is -0.361. The van der Waals surface area contributed by atoms with Crippen molar-refractivity contribution in [1.29, 1.82) is 0 Å². The number of piperidine rings is 1. The number of carbonyl (C=O) groups excluding carboxylic acids is 1. The van der Waals surface area contributed by atoms with Crippen LogP contribution in [0.15, 0.2) is 0 Å². The normalized spacial score (nSPS) is 22.5. The smallest absolute Gasteiger partial charge is 0.282 e. The highest BCUT2D eigenvalue weighted by Crippen LogP contribution is 2.28. The summed E-state index contributed by atoms with van der Waals surface area (Å²) in [6.45, 7) is 8.20. The van der Waals surface area contributed by atoms with Crippen molar-refractivity contribution >= 4 is 5.91 Å². The fourth-order valence-corrected chi connectivity index (χ4v) is 3.81. The second-order valence-electron chi connectivity index (χ2n) is 7.50. The number of hydrogen-bond acceptors (Lipinski definition) is 5. The second-order valence-corrected chi connectivity index (χ2v) is 7.50. The molecule has 9 heteroatoms. The van der Waals surface area contributed by atoms with Gasteiger partial charge >= 0.3 is 0 Å². The van der Waals surface area contributed by atoms with Crippen molar-refractivity contribution in [1.82, 2.24) is 30.5 Å². The Balaban J connectivity index is 1.64. The summed E-state index contributed by atoms with van der Waals surface area (Å²) in [5, 5.41) is 13.7. The molecule has 1 amide bonds. The lowest BCUT2D eigenvalue weighted by atomic mass is 10.1. The van der Waals surface area contributed by atoms with Gasteiger partial charge in [0.15, 0.2) is 5.69 Å². The van der Waals surface area contributed by atoms with E-state index in [1.54, 1.807) is 0 Å². The predicted molar refractivity (Wildman–Crippen MR) is 93.3 cm³/mol. The minimum atomic E-state index is -2.77. The number of likely N-dealkylation sites (tertiary alicyclic amines) is 1. The van der Waals surface area contributed by atoms with Gasteiger partial charge in [-0.25, -0.2) is 13.5 Å². The molecule has 7 nitrogen and oxygen atoms in total. The number of nitrogens with one attached hydrogen (secondary N) is 2. The summed E-state index contributed by atoms with van der Waals surface area (Å²) in [5.41, 5.74) is -0.595. The van der Waals surface area contributed by atoms with Gasteiger partial charge in [-0.3, -0.25) is 4.79 Å². The second kappa shape index (κ2) is 8.39. The molecule has 2 saturated heterocycles. The molecule has 2 aliphatic rings. The average Bonchev–Trinajstić information content (AvgIpc) is 3.27. The monoisotopic (exact) mass is 370 g/mol. The average molecular weight is 370 g/mol. The third-order valence-corrected chi connectivity index (χ3v) is 5.41. The first kappa shape index (κ1) is 19.2. The van der Waals surface area contributed by atoms with Gasteiger partial charge < -0.3 is 15.5 Å². The SMILES string of the molecule is CC(C)N1CCC(CNC(=O)c2nnn(C3CCNCC3)c2C(F)F)C1. The van der Waals surface area contributed by atoms with E-state index in [0.717, 1.165) is 32.6 Å². The van der Waals surface area contributed by atoms with E-state index in [4.69, 9.17) is 0 Å². The summed E-state index contributed by atoms with van der Waals surface area (Å²) in [4.78, 5) is 14.8. The van der Waals surface area contributed by atoms with Gasteiger partial charge in [-0.15, -0.1) is 5.10 Å². The molecule has 3 rings (SSSR count). The van der Waals surface area contributed by atoms with Gasteiger partial charge in [0, 0.05) is 19.1 Å². The standard InChI is InChI=1S/C17H28F2N6O/c1-11(2)24-8-5-12(10-24)9-21-17(26)14-15(16(18)19)25(23-22-14)13-3-6-20-7-4-13/h11-13,16,20H,3-10H2,1-2H3,(H,21,26). The van der Waals surface area contributed by atoms with Gasteiger partial charge in [0.2, 0.25) is 0 Å². The molecule has 0 aromatic carbocycles. The molecule has 1 aromatic heterocycles. The number of hydrogen-bond donors (Lipinski definition) is 2. The van der Waals surface area contributed by atoms with E-state index in [1.807, 2.05) is 0 Å². The first-order valence-corrected chi connectivity index (χ1v) is 9.43. The van der Waals surface area contributed by atoms with E-state index in [0.29, 0.717) is 31.3 Å². The van der Waals surface area contributed by atoms with Crippen LogP contribution in [0.2, 0.25) is 0 Å². The van der Waals surface area contributed by atoms with Crippen LogP contribution in [0.1, 0.15) is 61.8 Å². The van der Waals surface area contributed by atoms with Crippen molar-refractivity contribution in [2.24, 2.45) is 5.92 Å². The van der Waals surface area contributed by atoms with Crippen LogP contribution in [0.5, 0.6) is 0 Å². The van der Waals surface area contributed by atoms with E-state index < -0.39 is 12.3 Å². The topological polar surface area (TPSA) is 75.1 Å². The van der Waals surface area contributed by atoms with Crippen molar-refractivity contribution in [2.75, 3.05) is 32.7 Å². The Labute approximate surface area is 152 Å². The lowest BCUT2D eigenvalue weighted by molar-refractivity contribution is 0.0922. The Morgan fingerprint density at radius 2 is 2.04 bits per heavy atom. The van der Waals surface area contributed by atoms with Gasteiger partial charge in [-0.1, -0.05) is 5.21 Å². The highest BCUT2D eigenvalue weighted by molar-refractivity contribution is 5.93. The summed E-state index contributed by atoms with van der Waals surface area (Å²) in [6, 6.07) is 0.342. The zero-order valence-electron chi connectivity index (χ0n) is 15.4. The maximum Gasteiger partial charge on any atom is 0.282 e. The van der Waals surface area contributed by atoms with Crippen LogP contribution < -0.4 is 10.6 Å². The maximum atomic E-state index is 13.6. The number of aromatic nitrogens is 3. The van der Waals surface area contributed by atoms with Gasteiger partial charge in [-0.2, -0.15) is 0 Å². The summed E-state index contributed by atoms with van der Waals surface area (Å²) >= 11 is 0. The number of nitrogens with zero attached hydrogens (tertiary/aromatic N) is 4. The highest BCUT2D eigenvalue weighted by Gasteiger charge is 2.31. The van der Waals surface area contributed by atoms with Crippen LogP contribution in [0.4, 0.5) is 8.78 Å². The third-order valence-electron chi connectivity index (χ3n) is 5.41. The Morgan fingerprint density at radius 3 is 2.65 bits per heavy atom. The molecule has 1 unspecified atom stereocenters. The molecule has 0 aliphatic carbocycles. The molecule has 2 aliphatic heterocycles. The molecule has 2 N–H and O–H groups in total. The first-order valence-electron chi connectivity index (χ1n) is 9.43. The van der Waals surface area contributed by atoms with Crippen molar-refractivity contribution in [3.05, 3.63) is 11.4 Å². The Kier molecular flexibility index (Phi) is 6.18. The highest BCUT2D eigenvalue weighted by atomic mass is 19.3. The molecule has 2 fully saturated rings. The molecule has 0 bridgehead atoms.